The standard InChI is InChI=1S/C10H21N3O/c1-2-12-10(14)13(8-4-7-11)9-5-3-6-9/h9H,2-8,11H2,1H3,(H,12,14). The number of nitrogens with one attached hydrogen (secondary N) is 1. The molecule has 0 heterocycles. The van der Waals surface area contributed by atoms with Crippen LogP contribution in [0.5, 0.6) is 0 Å². The van der Waals surface area contributed by atoms with Gasteiger partial charge in [0.2, 0.25) is 0 Å². The van der Waals surface area contributed by atoms with Crippen LogP contribution in [0.4, 0.5) is 4.79 Å². The van der Waals surface area contributed by atoms with E-state index in [2.05, 4.69) is 5.32 Å². The van der Waals surface area contributed by atoms with Gasteiger partial charge < -0.3 is 16.0 Å². The predicted molar refractivity (Wildman–Crippen MR) is 57.1 cm³/mol. The summed E-state index contributed by atoms with van der Waals surface area (Å²) in [4.78, 5) is 13.6. The third-order valence-corrected chi connectivity index (χ3v) is 2.71. The molecule has 4 heteroatoms. The summed E-state index contributed by atoms with van der Waals surface area (Å²) in [5.41, 5.74) is 5.45. The first-order valence-corrected chi connectivity index (χ1v) is 5.54. The van der Waals surface area contributed by atoms with Crippen molar-refractivity contribution in [2.45, 2.75) is 38.6 Å². The van der Waals surface area contributed by atoms with E-state index in [0.29, 0.717) is 19.1 Å². The van der Waals surface area contributed by atoms with Crippen molar-refractivity contribution >= 4 is 6.03 Å². The summed E-state index contributed by atoms with van der Waals surface area (Å²) in [6, 6.07) is 0.541. The van der Waals surface area contributed by atoms with Crippen LogP contribution >= 0.6 is 0 Å². The Morgan fingerprint density at radius 3 is 2.71 bits per heavy atom. The van der Waals surface area contributed by atoms with Crippen molar-refractivity contribution in [3.63, 3.8) is 0 Å². The minimum absolute atomic E-state index is 0.0747. The Bertz CT molecular complexity index is 180. The number of carbonyl (C=O) groups is 1. The van der Waals surface area contributed by atoms with Gasteiger partial charge in [-0.3, -0.25) is 0 Å². The molecule has 0 aromatic carbocycles. The molecule has 1 aliphatic carbocycles. The van der Waals surface area contributed by atoms with Crippen molar-refractivity contribution < 1.29 is 4.79 Å². The van der Waals surface area contributed by atoms with Crippen molar-refractivity contribution in [3.05, 3.63) is 0 Å². The average Bonchev–Trinajstić information content (AvgIpc) is 2.09. The Balaban J connectivity index is 2.38. The molecule has 1 aliphatic rings. The van der Waals surface area contributed by atoms with Crippen molar-refractivity contribution in [3.8, 4) is 0 Å². The summed E-state index contributed by atoms with van der Waals surface area (Å²) in [5.74, 6) is 0. The Labute approximate surface area is 85.8 Å². The first kappa shape index (κ1) is 11.3. The van der Waals surface area contributed by atoms with Gasteiger partial charge in [-0.25, -0.2) is 4.79 Å². The van der Waals surface area contributed by atoms with Crippen molar-refractivity contribution in [2.75, 3.05) is 19.6 Å². The lowest BCUT2D eigenvalue weighted by molar-refractivity contribution is 0.138. The molecule has 0 aromatic heterocycles. The van der Waals surface area contributed by atoms with E-state index in [-0.39, 0.29) is 6.03 Å². The predicted octanol–water partition coefficient (Wildman–Crippen LogP) is 0.919. The van der Waals surface area contributed by atoms with E-state index < -0.39 is 0 Å². The molecule has 0 aromatic rings. The van der Waals surface area contributed by atoms with Crippen molar-refractivity contribution in [2.24, 2.45) is 5.73 Å². The van der Waals surface area contributed by atoms with Crippen LogP contribution in [0.3, 0.4) is 0 Å². The van der Waals surface area contributed by atoms with E-state index in [1.165, 1.54) is 6.42 Å². The third kappa shape index (κ3) is 2.87. The van der Waals surface area contributed by atoms with E-state index in [0.717, 1.165) is 25.8 Å². The van der Waals surface area contributed by atoms with Gasteiger partial charge in [-0.05, 0) is 39.2 Å². The van der Waals surface area contributed by atoms with Gasteiger partial charge in [0, 0.05) is 19.1 Å². The molecular formula is C10H21N3O. The maximum Gasteiger partial charge on any atom is 0.317 e. The molecule has 0 spiro atoms. The number of rotatable bonds is 5. The summed E-state index contributed by atoms with van der Waals surface area (Å²) in [6.45, 7) is 4.10. The smallest absolute Gasteiger partial charge is 0.317 e. The maximum absolute atomic E-state index is 11.7. The molecule has 0 saturated heterocycles. The van der Waals surface area contributed by atoms with E-state index >= 15 is 0 Å². The summed E-state index contributed by atoms with van der Waals surface area (Å²) >= 11 is 0. The number of nitrogens with two attached hydrogens (primary N) is 1. The first-order valence-electron chi connectivity index (χ1n) is 5.54. The number of carbonyl (C=O) groups excluding carboxylic acids is 1. The van der Waals surface area contributed by atoms with E-state index in [1.54, 1.807) is 0 Å². The Morgan fingerprint density at radius 2 is 2.29 bits per heavy atom. The Kier molecular flexibility index (Phi) is 4.73. The third-order valence-electron chi connectivity index (χ3n) is 2.71. The molecule has 0 bridgehead atoms. The molecule has 0 unspecified atom stereocenters. The van der Waals surface area contributed by atoms with Crippen molar-refractivity contribution in [1.82, 2.24) is 10.2 Å². The Morgan fingerprint density at radius 1 is 1.57 bits per heavy atom. The van der Waals surface area contributed by atoms with Crippen LogP contribution in [0.25, 0.3) is 0 Å². The van der Waals surface area contributed by atoms with Gasteiger partial charge in [0.05, 0.1) is 0 Å². The quantitative estimate of drug-likeness (QED) is 0.691. The number of urea groups is 1. The summed E-state index contributed by atoms with van der Waals surface area (Å²) < 4.78 is 0. The molecular weight excluding hydrogens is 178 g/mol. The fraction of sp³-hybridized carbons (Fsp3) is 0.900. The van der Waals surface area contributed by atoms with Gasteiger partial charge in [0.25, 0.3) is 0 Å². The number of hydrogen-bond acceptors (Lipinski definition) is 2. The lowest BCUT2D eigenvalue weighted by Crippen LogP contribution is -2.49. The van der Waals surface area contributed by atoms with Crippen LogP contribution in [0, 0.1) is 0 Å². The highest BCUT2D eigenvalue weighted by atomic mass is 16.2. The second kappa shape index (κ2) is 5.86. The summed E-state index contributed by atoms with van der Waals surface area (Å²) in [5, 5.41) is 2.85. The zero-order valence-electron chi connectivity index (χ0n) is 8.96. The van der Waals surface area contributed by atoms with Gasteiger partial charge in [-0.1, -0.05) is 0 Å². The minimum atomic E-state index is 0.0747. The Hall–Kier alpha value is -0.770. The molecule has 0 radical (unpaired) electrons. The van der Waals surface area contributed by atoms with Crippen LogP contribution in [-0.2, 0) is 0 Å². The molecule has 1 saturated carbocycles. The summed E-state index contributed by atoms with van der Waals surface area (Å²) in [6.07, 6.45) is 4.46. The number of hydrogen-bond donors (Lipinski definition) is 2. The molecule has 0 aliphatic heterocycles. The molecule has 2 amide bonds. The molecule has 4 nitrogen and oxygen atoms in total. The number of amides is 2. The number of nitrogens with zero attached hydrogens (tertiary/aromatic N) is 1. The second-order valence-electron chi connectivity index (χ2n) is 3.76. The van der Waals surface area contributed by atoms with Gasteiger partial charge in [-0.2, -0.15) is 0 Å². The van der Waals surface area contributed by atoms with E-state index in [4.69, 9.17) is 5.73 Å². The van der Waals surface area contributed by atoms with Crippen LogP contribution in [0.1, 0.15) is 32.6 Å². The fourth-order valence-electron chi connectivity index (χ4n) is 1.66. The van der Waals surface area contributed by atoms with Crippen LogP contribution in [-0.4, -0.2) is 36.6 Å². The van der Waals surface area contributed by atoms with Crippen LogP contribution < -0.4 is 11.1 Å². The molecule has 0 atom stereocenters. The zero-order chi connectivity index (χ0) is 10.4. The summed E-state index contributed by atoms with van der Waals surface area (Å²) in [7, 11) is 0. The van der Waals surface area contributed by atoms with Gasteiger partial charge in [0.15, 0.2) is 0 Å². The zero-order valence-corrected chi connectivity index (χ0v) is 8.96. The maximum atomic E-state index is 11.7. The highest BCUT2D eigenvalue weighted by Crippen LogP contribution is 2.24. The lowest BCUT2D eigenvalue weighted by atomic mass is 9.91. The molecule has 1 fully saturated rings. The minimum Gasteiger partial charge on any atom is -0.338 e. The molecule has 1 rings (SSSR count). The molecule has 82 valence electrons. The van der Waals surface area contributed by atoms with Gasteiger partial charge in [0.1, 0.15) is 0 Å². The normalized spacial score (nSPS) is 16.1. The lowest BCUT2D eigenvalue weighted by Gasteiger charge is -2.37. The van der Waals surface area contributed by atoms with Crippen LogP contribution in [0.15, 0.2) is 0 Å². The van der Waals surface area contributed by atoms with E-state index in [1.807, 2.05) is 11.8 Å². The van der Waals surface area contributed by atoms with Gasteiger partial charge >= 0.3 is 6.03 Å². The topological polar surface area (TPSA) is 58.4 Å². The SMILES string of the molecule is CCNC(=O)N(CCCN)C1CCC1. The monoisotopic (exact) mass is 199 g/mol. The second-order valence-corrected chi connectivity index (χ2v) is 3.76. The largest absolute Gasteiger partial charge is 0.338 e. The van der Waals surface area contributed by atoms with Crippen LogP contribution in [0.2, 0.25) is 0 Å². The van der Waals surface area contributed by atoms with Gasteiger partial charge in [-0.15, -0.1) is 0 Å². The molecule has 3 N–H and O–H groups in total. The fourth-order valence-corrected chi connectivity index (χ4v) is 1.66. The molecule has 14 heavy (non-hydrogen) atoms. The first-order chi connectivity index (χ1) is 6.79. The average molecular weight is 199 g/mol. The highest BCUT2D eigenvalue weighted by molar-refractivity contribution is 5.74. The van der Waals surface area contributed by atoms with E-state index in [9.17, 15) is 4.79 Å². The highest BCUT2D eigenvalue weighted by Gasteiger charge is 2.27. The van der Waals surface area contributed by atoms with Crippen molar-refractivity contribution in [1.29, 1.82) is 0 Å².